The number of aromatic hydroxyl groups is 1. The number of phenols is 1. The molecule has 4 aromatic carbocycles. The second kappa shape index (κ2) is 17.9. The van der Waals surface area contributed by atoms with Crippen LogP contribution in [0.1, 0.15) is 164 Å². The Morgan fingerprint density at radius 3 is 1.00 bits per heavy atom. The van der Waals surface area contributed by atoms with E-state index in [4.69, 9.17) is 25.4 Å². The van der Waals surface area contributed by atoms with Crippen LogP contribution in [0.25, 0.3) is 0 Å². The molecule has 5 heteroatoms. The summed E-state index contributed by atoms with van der Waals surface area (Å²) in [6, 6.07) is 17.8. The molecule has 5 nitrogen and oxygen atoms in total. The Morgan fingerprint density at radius 2 is 0.754 bits per heavy atom. The lowest BCUT2D eigenvalue weighted by Crippen LogP contribution is -2.17. The van der Waals surface area contributed by atoms with Crippen LogP contribution in [0.5, 0.6) is 28.7 Å². The predicted molar refractivity (Wildman–Crippen MR) is 236 cm³/mol. The average molecular weight is 773 g/mol. The molecule has 8 bridgehead atoms. The number of hydrogen-bond acceptors (Lipinski definition) is 5. The maximum Gasteiger partial charge on any atom is 0.148 e. The summed E-state index contributed by atoms with van der Waals surface area (Å²) in [5.74, 6) is 6.19. The number of fused-ring (bicyclic) bond motifs is 8. The highest BCUT2D eigenvalue weighted by Gasteiger charge is 2.28. The van der Waals surface area contributed by atoms with E-state index < -0.39 is 0 Å². The minimum Gasteiger partial charge on any atom is -0.507 e. The average Bonchev–Trinajstić information content (AvgIpc) is 3.12. The van der Waals surface area contributed by atoms with Crippen molar-refractivity contribution in [3.8, 4) is 41.1 Å². The molecule has 0 atom stereocenters. The van der Waals surface area contributed by atoms with Crippen LogP contribution in [0, 0.1) is 12.3 Å². The monoisotopic (exact) mass is 773 g/mol. The SMILES string of the molecule is C#CCOc1cc2c(O)c(c1)Cc1cc(C(C)(C)C)cc(c1OCCC)Cc1cc(C(C)(C)C)cc(c1OCCC)Cc1cc(C(C)(C)C)cc(c1OCCC)C2. The summed E-state index contributed by atoms with van der Waals surface area (Å²) in [5, 5.41) is 12.3. The van der Waals surface area contributed by atoms with Gasteiger partial charge in [-0.05, 0) is 97.7 Å². The second-order valence-corrected chi connectivity index (χ2v) is 19.0. The first-order valence-corrected chi connectivity index (χ1v) is 21.2. The van der Waals surface area contributed by atoms with Crippen LogP contribution in [-0.4, -0.2) is 31.5 Å². The molecule has 1 aliphatic rings. The number of ether oxygens (including phenoxy) is 4. The van der Waals surface area contributed by atoms with Gasteiger partial charge in [-0.25, -0.2) is 0 Å². The molecular formula is C52H68O5. The number of benzene rings is 4. The third kappa shape index (κ3) is 10.5. The topological polar surface area (TPSA) is 57.2 Å². The van der Waals surface area contributed by atoms with Gasteiger partial charge in [-0.2, -0.15) is 0 Å². The molecule has 57 heavy (non-hydrogen) atoms. The highest BCUT2D eigenvalue weighted by molar-refractivity contribution is 5.60. The van der Waals surface area contributed by atoms with E-state index in [2.05, 4.69) is 125 Å². The molecule has 4 aromatic rings. The highest BCUT2D eigenvalue weighted by atomic mass is 16.5. The smallest absolute Gasteiger partial charge is 0.148 e. The Balaban J connectivity index is 1.96. The third-order valence-electron chi connectivity index (χ3n) is 10.8. The van der Waals surface area contributed by atoms with Gasteiger partial charge in [-0.15, -0.1) is 6.42 Å². The first-order valence-electron chi connectivity index (χ1n) is 21.2. The number of rotatable bonds is 11. The van der Waals surface area contributed by atoms with E-state index in [1.165, 1.54) is 16.7 Å². The summed E-state index contributed by atoms with van der Waals surface area (Å²) in [6.45, 7) is 28.7. The summed E-state index contributed by atoms with van der Waals surface area (Å²) in [5.41, 5.74) is 11.4. The van der Waals surface area contributed by atoms with E-state index >= 15 is 0 Å². The van der Waals surface area contributed by atoms with E-state index in [0.717, 1.165) is 81.0 Å². The first-order chi connectivity index (χ1) is 26.9. The lowest BCUT2D eigenvalue weighted by molar-refractivity contribution is 0.306. The van der Waals surface area contributed by atoms with Gasteiger partial charge >= 0.3 is 0 Å². The van der Waals surface area contributed by atoms with Gasteiger partial charge in [-0.1, -0.05) is 125 Å². The molecule has 0 spiro atoms. The van der Waals surface area contributed by atoms with Crippen molar-refractivity contribution in [1.29, 1.82) is 0 Å². The molecule has 1 N–H and O–H groups in total. The predicted octanol–water partition coefficient (Wildman–Crippen LogP) is 12.3. The molecule has 0 aromatic heterocycles. The van der Waals surface area contributed by atoms with Crippen molar-refractivity contribution in [2.24, 2.45) is 0 Å². The second-order valence-electron chi connectivity index (χ2n) is 19.0. The third-order valence-corrected chi connectivity index (χ3v) is 10.8. The standard InChI is InChI=1S/C52H68O5/c1-14-18-54-45-32-34-22-36-26-42(50(5,6)7)28-38(47(36)55-19-15-2)24-40-30-44(52(11,12)13)31-41(49(40)57-21-17-4)25-39-29-43(51(8,9)10)27-37(48(39)56-20-16-3)23-35(33-45)46(34)53/h1,26-33,53H,15-25H2,2-13H3. The fraction of sp³-hybridized carbons (Fsp3) is 0.500. The number of hydrogen-bond donors (Lipinski definition) is 1. The fourth-order valence-corrected chi connectivity index (χ4v) is 7.55. The summed E-state index contributed by atoms with van der Waals surface area (Å²) < 4.78 is 26.5. The fourth-order valence-electron chi connectivity index (χ4n) is 7.55. The lowest BCUT2D eigenvalue weighted by atomic mass is 9.80. The molecule has 0 aliphatic heterocycles. The van der Waals surface area contributed by atoms with Gasteiger partial charge in [0.15, 0.2) is 0 Å². The highest BCUT2D eigenvalue weighted by Crippen LogP contribution is 2.44. The molecule has 5 rings (SSSR count). The zero-order valence-electron chi connectivity index (χ0n) is 37.1. The Kier molecular flexibility index (Phi) is 13.7. The van der Waals surface area contributed by atoms with E-state index in [0.29, 0.717) is 51.3 Å². The van der Waals surface area contributed by atoms with Gasteiger partial charge in [-0.3, -0.25) is 0 Å². The van der Waals surface area contributed by atoms with Crippen molar-refractivity contribution in [3.05, 3.63) is 110 Å². The van der Waals surface area contributed by atoms with Gasteiger partial charge < -0.3 is 24.1 Å². The van der Waals surface area contributed by atoms with Gasteiger partial charge in [0.25, 0.3) is 0 Å². The molecule has 1 aliphatic carbocycles. The largest absolute Gasteiger partial charge is 0.507 e. The molecule has 0 heterocycles. The van der Waals surface area contributed by atoms with E-state index in [9.17, 15) is 5.11 Å². The van der Waals surface area contributed by atoms with E-state index in [1.807, 2.05) is 12.1 Å². The first kappa shape index (κ1) is 43.6. The van der Waals surface area contributed by atoms with Crippen molar-refractivity contribution in [2.45, 2.75) is 144 Å². The van der Waals surface area contributed by atoms with Crippen molar-refractivity contribution in [2.75, 3.05) is 26.4 Å². The Morgan fingerprint density at radius 1 is 0.474 bits per heavy atom. The molecule has 0 unspecified atom stereocenters. The van der Waals surface area contributed by atoms with E-state index in [-0.39, 0.29) is 28.6 Å². The van der Waals surface area contributed by atoms with Gasteiger partial charge in [0.2, 0.25) is 0 Å². The van der Waals surface area contributed by atoms with Crippen LogP contribution in [0.4, 0.5) is 0 Å². The van der Waals surface area contributed by atoms with Crippen molar-refractivity contribution >= 4 is 0 Å². The summed E-state index contributed by atoms with van der Waals surface area (Å²) >= 11 is 0. The molecule has 306 valence electrons. The van der Waals surface area contributed by atoms with E-state index in [1.54, 1.807) is 0 Å². The molecule has 0 saturated carbocycles. The minimum atomic E-state index is -0.138. The van der Waals surface area contributed by atoms with Crippen LogP contribution >= 0.6 is 0 Å². The van der Waals surface area contributed by atoms with Crippen molar-refractivity contribution < 1.29 is 24.1 Å². The van der Waals surface area contributed by atoms with Crippen LogP contribution in [0.2, 0.25) is 0 Å². The number of phenolic OH excluding ortho intramolecular Hbond substituents is 1. The maximum atomic E-state index is 12.3. The number of terminal acetylenes is 1. The van der Waals surface area contributed by atoms with Crippen LogP contribution in [0.3, 0.4) is 0 Å². The molecule has 0 saturated heterocycles. The van der Waals surface area contributed by atoms with Crippen LogP contribution < -0.4 is 18.9 Å². The Bertz CT molecular complexity index is 1950. The molecule has 0 fully saturated rings. The molecule has 0 amide bonds. The van der Waals surface area contributed by atoms with Gasteiger partial charge in [0, 0.05) is 36.8 Å². The maximum absolute atomic E-state index is 12.3. The van der Waals surface area contributed by atoms with Gasteiger partial charge in [0.05, 0.1) is 19.8 Å². The zero-order valence-corrected chi connectivity index (χ0v) is 37.1. The molecular weight excluding hydrogens is 705 g/mol. The molecule has 0 radical (unpaired) electrons. The van der Waals surface area contributed by atoms with Crippen molar-refractivity contribution in [1.82, 2.24) is 0 Å². The normalized spacial score (nSPS) is 13.2. The van der Waals surface area contributed by atoms with Gasteiger partial charge in [0.1, 0.15) is 35.4 Å². The van der Waals surface area contributed by atoms with Crippen LogP contribution in [-0.2, 0) is 41.9 Å². The summed E-state index contributed by atoms with van der Waals surface area (Å²) in [6.07, 6.45) is 10.5. The summed E-state index contributed by atoms with van der Waals surface area (Å²) in [4.78, 5) is 0. The lowest BCUT2D eigenvalue weighted by Gasteiger charge is -2.28. The Hall–Kier alpha value is -4.56. The van der Waals surface area contributed by atoms with Crippen LogP contribution in [0.15, 0.2) is 48.5 Å². The van der Waals surface area contributed by atoms with Crippen molar-refractivity contribution in [3.63, 3.8) is 0 Å². The Labute approximate surface area is 344 Å². The minimum absolute atomic E-state index is 0.104. The summed E-state index contributed by atoms with van der Waals surface area (Å²) in [7, 11) is 0. The quantitative estimate of drug-likeness (QED) is 0.136. The zero-order chi connectivity index (χ0) is 41.7.